The van der Waals surface area contributed by atoms with Crippen molar-refractivity contribution in [2.45, 2.75) is 31.8 Å². The van der Waals surface area contributed by atoms with Gasteiger partial charge in [-0.25, -0.2) is 9.48 Å². The Balaban J connectivity index is 1.69. The van der Waals surface area contributed by atoms with Gasteiger partial charge in [0.15, 0.2) is 5.69 Å². The highest BCUT2D eigenvalue weighted by Crippen LogP contribution is 2.21. The van der Waals surface area contributed by atoms with Gasteiger partial charge in [-0.2, -0.15) is 5.10 Å². The molecule has 1 fully saturated rings. The molecule has 0 radical (unpaired) electrons. The number of carbonyl (C=O) groups is 2. The van der Waals surface area contributed by atoms with Crippen molar-refractivity contribution in [2.24, 2.45) is 0 Å². The number of amides is 1. The van der Waals surface area contributed by atoms with E-state index in [1.54, 1.807) is 30.5 Å². The summed E-state index contributed by atoms with van der Waals surface area (Å²) in [5.41, 5.74) is 1.17. The first-order chi connectivity index (χ1) is 11.6. The summed E-state index contributed by atoms with van der Waals surface area (Å²) in [5.74, 6) is -1.18. The number of aromatic carboxylic acids is 1. The molecule has 2 N–H and O–H groups in total. The molecule has 7 heteroatoms. The summed E-state index contributed by atoms with van der Waals surface area (Å²) in [6.07, 6.45) is 4.89. The van der Waals surface area contributed by atoms with Crippen LogP contribution in [0.4, 0.5) is 5.69 Å². The highest BCUT2D eigenvalue weighted by molar-refractivity contribution is 5.93. The lowest BCUT2D eigenvalue weighted by Crippen LogP contribution is -2.16. The zero-order chi connectivity index (χ0) is 16.9. The highest BCUT2D eigenvalue weighted by atomic mass is 16.5. The second-order valence-corrected chi connectivity index (χ2v) is 5.69. The molecule has 2 aromatic rings. The minimum absolute atomic E-state index is 0.0467. The average Bonchev–Trinajstić information content (AvgIpc) is 3.25. The second-order valence-electron chi connectivity index (χ2n) is 5.69. The first-order valence-electron chi connectivity index (χ1n) is 7.93. The van der Waals surface area contributed by atoms with Crippen molar-refractivity contribution in [3.63, 3.8) is 0 Å². The summed E-state index contributed by atoms with van der Waals surface area (Å²) in [4.78, 5) is 23.1. The van der Waals surface area contributed by atoms with Gasteiger partial charge < -0.3 is 15.2 Å². The number of ether oxygens (including phenoxy) is 1. The molecule has 1 aliphatic rings. The number of aromatic nitrogens is 2. The van der Waals surface area contributed by atoms with Crippen LogP contribution in [-0.2, 0) is 9.53 Å². The lowest BCUT2D eigenvalue weighted by molar-refractivity contribution is -0.116. The topological polar surface area (TPSA) is 93.5 Å². The second kappa shape index (κ2) is 7.27. The SMILES string of the molecule is O=C(CCC1CCCO1)Nc1ccccc1-n1ccc(C(=O)O)n1. The predicted octanol–water partition coefficient (Wildman–Crippen LogP) is 2.47. The van der Waals surface area contributed by atoms with Gasteiger partial charge >= 0.3 is 5.97 Å². The molecule has 24 heavy (non-hydrogen) atoms. The van der Waals surface area contributed by atoms with Crippen LogP contribution in [0.1, 0.15) is 36.2 Å². The quantitative estimate of drug-likeness (QED) is 0.849. The Morgan fingerprint density at radius 3 is 2.88 bits per heavy atom. The third-order valence-electron chi connectivity index (χ3n) is 3.95. The van der Waals surface area contributed by atoms with Crippen molar-refractivity contribution in [1.82, 2.24) is 9.78 Å². The molecule has 1 aromatic heterocycles. The summed E-state index contributed by atoms with van der Waals surface area (Å²) in [6.45, 7) is 0.778. The molecule has 1 aromatic carbocycles. The van der Waals surface area contributed by atoms with Crippen molar-refractivity contribution < 1.29 is 19.4 Å². The minimum Gasteiger partial charge on any atom is -0.476 e. The van der Waals surface area contributed by atoms with Crippen LogP contribution in [0.15, 0.2) is 36.5 Å². The fourth-order valence-corrected chi connectivity index (χ4v) is 2.73. The molecule has 0 bridgehead atoms. The molecule has 1 saturated heterocycles. The molecule has 0 spiro atoms. The van der Waals surface area contributed by atoms with Gasteiger partial charge in [-0.3, -0.25) is 4.79 Å². The number of nitrogens with zero attached hydrogens (tertiary/aromatic N) is 2. The third kappa shape index (κ3) is 3.80. The Hall–Kier alpha value is -2.67. The van der Waals surface area contributed by atoms with E-state index in [-0.39, 0.29) is 17.7 Å². The molecule has 126 valence electrons. The molecule has 0 aliphatic carbocycles. The standard InChI is InChI=1S/C17H19N3O4/c21-16(8-7-12-4-3-11-24-12)18-13-5-1-2-6-15(13)20-10-9-14(19-20)17(22)23/h1-2,5-6,9-10,12H,3-4,7-8,11H2,(H,18,21)(H,22,23). The summed E-state index contributed by atoms with van der Waals surface area (Å²) in [7, 11) is 0. The maximum Gasteiger partial charge on any atom is 0.356 e. The van der Waals surface area contributed by atoms with Crippen molar-refractivity contribution in [3.05, 3.63) is 42.2 Å². The molecule has 7 nitrogen and oxygen atoms in total. The van der Waals surface area contributed by atoms with Gasteiger partial charge in [0.2, 0.25) is 5.91 Å². The summed E-state index contributed by atoms with van der Waals surface area (Å²) in [6, 6.07) is 8.56. The van der Waals surface area contributed by atoms with Crippen LogP contribution in [0.25, 0.3) is 5.69 Å². The van der Waals surface area contributed by atoms with Gasteiger partial charge in [0, 0.05) is 19.2 Å². The first-order valence-corrected chi connectivity index (χ1v) is 7.93. The molecule has 1 aliphatic heterocycles. The van der Waals surface area contributed by atoms with Crippen molar-refractivity contribution in [1.29, 1.82) is 0 Å². The number of carboxylic acids is 1. The number of hydrogen-bond donors (Lipinski definition) is 2. The van der Waals surface area contributed by atoms with Crippen LogP contribution in [0.3, 0.4) is 0 Å². The molecule has 0 saturated carbocycles. The Bertz CT molecular complexity index is 735. The smallest absolute Gasteiger partial charge is 0.356 e. The van der Waals surface area contributed by atoms with Gasteiger partial charge in [-0.05, 0) is 37.5 Å². The average molecular weight is 329 g/mol. The highest BCUT2D eigenvalue weighted by Gasteiger charge is 2.17. The number of nitrogens with one attached hydrogen (secondary N) is 1. The molecule has 1 amide bonds. The van der Waals surface area contributed by atoms with E-state index < -0.39 is 5.97 Å². The van der Waals surface area contributed by atoms with Crippen molar-refractivity contribution >= 4 is 17.6 Å². The molecular formula is C17H19N3O4. The van der Waals surface area contributed by atoms with Crippen LogP contribution in [0.5, 0.6) is 0 Å². The molecule has 1 unspecified atom stereocenters. The molecular weight excluding hydrogens is 310 g/mol. The molecule has 3 rings (SSSR count). The van der Waals surface area contributed by atoms with E-state index in [1.165, 1.54) is 10.7 Å². The van der Waals surface area contributed by atoms with Crippen LogP contribution >= 0.6 is 0 Å². The normalized spacial score (nSPS) is 16.9. The van der Waals surface area contributed by atoms with Gasteiger partial charge in [-0.15, -0.1) is 0 Å². The van der Waals surface area contributed by atoms with E-state index in [9.17, 15) is 9.59 Å². The monoisotopic (exact) mass is 329 g/mol. The van der Waals surface area contributed by atoms with Gasteiger partial charge in [0.1, 0.15) is 0 Å². The first kappa shape index (κ1) is 16.2. The lowest BCUT2D eigenvalue weighted by atomic mass is 10.1. The van der Waals surface area contributed by atoms with Gasteiger partial charge in [-0.1, -0.05) is 12.1 Å². The number of carbonyl (C=O) groups excluding carboxylic acids is 1. The zero-order valence-corrected chi connectivity index (χ0v) is 13.1. The Labute approximate surface area is 139 Å². The molecule has 2 heterocycles. The maximum atomic E-state index is 12.2. The Morgan fingerprint density at radius 2 is 2.17 bits per heavy atom. The van der Waals surface area contributed by atoms with Gasteiger partial charge in [0.25, 0.3) is 0 Å². The van der Waals surface area contributed by atoms with E-state index in [4.69, 9.17) is 9.84 Å². The lowest BCUT2D eigenvalue weighted by Gasteiger charge is -2.12. The summed E-state index contributed by atoms with van der Waals surface area (Å²) in [5, 5.41) is 15.8. The number of rotatable bonds is 6. The fourth-order valence-electron chi connectivity index (χ4n) is 2.73. The fraction of sp³-hybridized carbons (Fsp3) is 0.353. The summed E-state index contributed by atoms with van der Waals surface area (Å²) >= 11 is 0. The molecule has 1 atom stereocenters. The van der Waals surface area contributed by atoms with Crippen molar-refractivity contribution in [2.75, 3.05) is 11.9 Å². The van der Waals surface area contributed by atoms with E-state index in [1.807, 2.05) is 0 Å². The number of hydrogen-bond acceptors (Lipinski definition) is 4. The van der Waals surface area contributed by atoms with E-state index >= 15 is 0 Å². The summed E-state index contributed by atoms with van der Waals surface area (Å²) < 4.78 is 6.97. The largest absolute Gasteiger partial charge is 0.476 e. The van der Waals surface area contributed by atoms with Gasteiger partial charge in [0.05, 0.1) is 17.5 Å². The van der Waals surface area contributed by atoms with Crippen LogP contribution in [-0.4, -0.2) is 39.5 Å². The van der Waals surface area contributed by atoms with Crippen LogP contribution in [0.2, 0.25) is 0 Å². The number of carboxylic acid groups (broad SMARTS) is 1. The number of anilines is 1. The van der Waals surface area contributed by atoms with Crippen molar-refractivity contribution in [3.8, 4) is 5.69 Å². The van der Waals surface area contributed by atoms with E-state index in [0.717, 1.165) is 19.4 Å². The number of benzene rings is 1. The maximum absolute atomic E-state index is 12.2. The van der Waals surface area contributed by atoms with E-state index in [2.05, 4.69) is 10.4 Å². The number of para-hydroxylation sites is 2. The zero-order valence-electron chi connectivity index (χ0n) is 13.1. The van der Waals surface area contributed by atoms with Crippen LogP contribution < -0.4 is 5.32 Å². The third-order valence-corrected chi connectivity index (χ3v) is 3.95. The minimum atomic E-state index is -1.09. The van der Waals surface area contributed by atoms with Crippen LogP contribution in [0, 0.1) is 0 Å². The van der Waals surface area contributed by atoms with E-state index in [0.29, 0.717) is 24.2 Å². The Morgan fingerprint density at radius 1 is 1.33 bits per heavy atom. The predicted molar refractivity (Wildman–Crippen MR) is 87.4 cm³/mol. The Kier molecular flexibility index (Phi) is 4.90.